The van der Waals surface area contributed by atoms with E-state index in [1.54, 1.807) is 73.3 Å². The molecule has 0 aliphatic rings. The Hall–Kier alpha value is -12.1. The van der Waals surface area contributed by atoms with Crippen molar-refractivity contribution in [3.63, 3.8) is 0 Å². The van der Waals surface area contributed by atoms with Crippen LogP contribution in [0, 0.1) is 0 Å². The third kappa shape index (κ3) is 116. The number of rotatable bonds is 20. The van der Waals surface area contributed by atoms with Crippen LogP contribution in [-0.2, 0) is 172 Å². The summed E-state index contributed by atoms with van der Waals surface area (Å²) in [5, 5.41) is 94.3. The summed E-state index contributed by atoms with van der Waals surface area (Å²) in [7, 11) is 0. The molecular formula is C64H72Co6N32O12+2. The summed E-state index contributed by atoms with van der Waals surface area (Å²) in [5.74, 6) is -3.95. The Kier molecular flexibility index (Phi) is 129. The second kappa shape index (κ2) is 110. The summed E-state index contributed by atoms with van der Waals surface area (Å²) < 4.78 is 0. The Balaban J connectivity index is -0.0000000830. The van der Waals surface area contributed by atoms with E-state index in [0.29, 0.717) is 26.2 Å². The minimum atomic E-state index is -1.08. The molecule has 0 aliphatic heterocycles. The third-order valence-corrected chi connectivity index (χ3v) is 10.3. The normalized spacial score (nSPS) is 7.61. The third-order valence-electron chi connectivity index (χ3n) is 10.3. The van der Waals surface area contributed by atoms with Crippen LogP contribution in [0.5, 0.6) is 23.0 Å². The largest absolute Gasteiger partial charge is 3.00 e. The van der Waals surface area contributed by atoms with Crippen LogP contribution in [-0.4, -0.2) is 70.0 Å². The van der Waals surface area contributed by atoms with Crippen LogP contribution in [0.1, 0.15) is 72.7 Å². The predicted octanol–water partition coefficient (Wildman–Crippen LogP) is 7.89. The Bertz CT molecular complexity index is 3320. The van der Waals surface area contributed by atoms with Crippen molar-refractivity contribution in [2.75, 3.05) is 26.2 Å². The van der Waals surface area contributed by atoms with Gasteiger partial charge < -0.3 is 170 Å². The number of hydrogen-bond donors (Lipinski definition) is 4. The fraction of sp³-hybridized carbons (Fsp3) is 0.250. The van der Waals surface area contributed by atoms with E-state index in [1.165, 1.54) is 39.3 Å². The number of carboxylic acid groups (broad SMARTS) is 4. The molecule has 4 aromatic heterocycles. The first-order chi connectivity index (χ1) is 51.7. The monoisotopic (exact) mass is 1830 g/mol. The van der Waals surface area contributed by atoms with Crippen molar-refractivity contribution in [2.45, 2.75) is 79.6 Å². The number of carbonyl (C=O) groups excluding carboxylic acids is 4. The molecule has 0 bridgehead atoms. The van der Waals surface area contributed by atoms with E-state index in [1.807, 2.05) is 121 Å². The van der Waals surface area contributed by atoms with E-state index in [-0.39, 0.29) is 124 Å². The van der Waals surface area contributed by atoms with Crippen LogP contribution in [0.15, 0.2) is 195 Å². The number of carboxylic acids is 4. The minimum absolute atomic E-state index is 0. The number of carbonyl (C=O) groups is 4. The predicted molar refractivity (Wildman–Crippen MR) is 385 cm³/mol. The van der Waals surface area contributed by atoms with Crippen LogP contribution in [0.4, 0.5) is 0 Å². The van der Waals surface area contributed by atoms with Gasteiger partial charge in [-0.15, -0.1) is 23.0 Å². The number of benzene rings is 4. The number of pyridine rings is 4. The molecule has 8 rings (SSSR count). The maximum Gasteiger partial charge on any atom is 3.00 e. The Morgan fingerprint density at radius 3 is 0.500 bits per heavy atom. The van der Waals surface area contributed by atoms with Crippen molar-refractivity contribution in [3.8, 4) is 23.0 Å². The number of para-hydroxylation sites is 4. The number of hydrogen-bond acceptors (Lipinski definition) is 20. The Labute approximate surface area is 717 Å². The number of nitrogens with zero attached hydrogens (tertiary/aromatic N) is 28. The molecule has 4 N–H and O–H groups in total. The van der Waals surface area contributed by atoms with Gasteiger partial charge in [-0.3, -0.25) is 59.2 Å². The van der Waals surface area contributed by atoms with Gasteiger partial charge in [0, 0.05) is 149 Å². The molecule has 0 aliphatic carbocycles. The molecule has 4 heterocycles. The van der Waals surface area contributed by atoms with Gasteiger partial charge in [0.1, 0.15) is 0 Å². The quantitative estimate of drug-likeness (QED) is 0.0244. The van der Waals surface area contributed by atoms with E-state index in [2.05, 4.69) is 41.2 Å². The summed E-state index contributed by atoms with van der Waals surface area (Å²) in [6, 6.07) is 52.0. The standard InChI is InChI=1S/4C14H16N2O.4C2H4O2.6Co.8N3/c4*17-14-7-2-1-5-12(14)11-15-10-8-13-6-3-4-9-16-13;4*1-2(3)4;;;;;;;8*1-3-2/h4*1-7,9,15,17H,8,10-11H2;4*1H3,(H,3,4);;;;;;;;;;;;;;/q;;;;;;;;6*+3;8*-1/p-8. The molecule has 8 aromatic rings. The van der Waals surface area contributed by atoms with Crippen LogP contribution in [0.3, 0.4) is 0 Å². The first-order valence-electron chi connectivity index (χ1n) is 29.7. The van der Waals surface area contributed by atoms with Gasteiger partial charge in [-0.05, 0) is 98.5 Å². The van der Waals surface area contributed by atoms with Gasteiger partial charge in [0.05, 0.1) is 0 Å². The average Bonchev–Trinajstić information content (AvgIpc) is 0.924. The molecule has 0 fully saturated rings. The smallest absolute Gasteiger partial charge is 0.872 e. The van der Waals surface area contributed by atoms with Crippen LogP contribution >= 0.6 is 0 Å². The van der Waals surface area contributed by atoms with Crippen LogP contribution in [0.2, 0.25) is 0 Å². The Morgan fingerprint density at radius 1 is 0.263 bits per heavy atom. The van der Waals surface area contributed by atoms with Crippen molar-refractivity contribution in [2.24, 2.45) is 0 Å². The molecular weight excluding hydrogens is 1760 g/mol. The first-order valence-corrected chi connectivity index (χ1v) is 29.7. The SMILES string of the molecule is CC(=O)[O-].CC(=O)[O-].CC(=O)[O-].CC(=O)[O-].[Co+3].[Co+3].[Co+3].[Co+3].[Co+3].[Co+3].[N-]=[N+]=[N-].[N-]=[N+]=[N-].[N-]=[N+]=[N-].[N-]=[N+]=[N-].[N-]=[N+]=[N-].[N-]=[N+]=[N-].[N-]=[N+]=[N-].[N-]=[N+]=[N-].[O-]c1ccccc1CNCCc1ccccn1.[O-]c1ccccc1CNCCc1ccccn1.[O-]c1ccccc1CNCCc1ccccn1.[O-]c1ccccc1CNCCc1ccccn1. The second-order valence-corrected chi connectivity index (χ2v) is 18.1. The van der Waals surface area contributed by atoms with Crippen molar-refractivity contribution < 1.29 is 161 Å². The molecule has 0 unspecified atom stereocenters. The van der Waals surface area contributed by atoms with E-state index >= 15 is 0 Å². The van der Waals surface area contributed by atoms with E-state index in [4.69, 9.17) is 128 Å². The van der Waals surface area contributed by atoms with Gasteiger partial charge in [-0.2, -0.15) is 0 Å². The summed E-state index contributed by atoms with van der Waals surface area (Å²) >= 11 is 0. The van der Waals surface area contributed by atoms with E-state index in [0.717, 1.165) is 125 Å². The zero-order valence-electron chi connectivity index (χ0n) is 60.4. The minimum Gasteiger partial charge on any atom is -0.872 e. The van der Waals surface area contributed by atoms with Crippen molar-refractivity contribution >= 4 is 23.9 Å². The van der Waals surface area contributed by atoms with Crippen molar-refractivity contribution in [1.82, 2.24) is 41.2 Å². The van der Waals surface area contributed by atoms with Crippen LogP contribution in [0.25, 0.3) is 128 Å². The summed E-state index contributed by atoms with van der Waals surface area (Å²) in [6.07, 6.45) is 10.7. The van der Waals surface area contributed by atoms with Crippen molar-refractivity contribution in [3.05, 3.63) is 367 Å². The molecule has 114 heavy (non-hydrogen) atoms. The van der Waals surface area contributed by atoms with Gasteiger partial charge in [0.25, 0.3) is 0 Å². The van der Waals surface area contributed by atoms with Crippen LogP contribution < -0.4 is 62.1 Å². The fourth-order valence-electron chi connectivity index (χ4n) is 6.54. The zero-order valence-corrected chi connectivity index (χ0v) is 66.6. The molecule has 0 saturated heterocycles. The van der Waals surface area contributed by atoms with E-state index < -0.39 is 23.9 Å². The molecule has 50 heteroatoms. The molecule has 44 nitrogen and oxygen atoms in total. The van der Waals surface area contributed by atoms with Gasteiger partial charge in [0.2, 0.25) is 0 Å². The fourth-order valence-corrected chi connectivity index (χ4v) is 6.54. The molecule has 0 amide bonds. The van der Waals surface area contributed by atoms with Gasteiger partial charge >= 0.3 is 101 Å². The average molecular weight is 1840 g/mol. The summed E-state index contributed by atoms with van der Waals surface area (Å²) in [5.41, 5.74) is 116. The van der Waals surface area contributed by atoms with Gasteiger partial charge in [-0.1, -0.05) is 121 Å². The molecule has 612 valence electrons. The maximum absolute atomic E-state index is 11.4. The topological polar surface area (TPSA) is 822 Å². The van der Waals surface area contributed by atoms with Gasteiger partial charge in [-0.25, -0.2) is 0 Å². The summed E-state index contributed by atoms with van der Waals surface area (Å²) in [4.78, 5) is 64.5. The number of aliphatic carboxylic acids is 4. The molecule has 0 radical (unpaired) electrons. The second-order valence-electron chi connectivity index (χ2n) is 18.1. The zero-order chi connectivity index (χ0) is 83.7. The molecule has 0 atom stereocenters. The molecule has 4 aromatic carbocycles. The molecule has 0 saturated carbocycles. The molecule has 0 spiro atoms. The van der Waals surface area contributed by atoms with Crippen molar-refractivity contribution in [1.29, 1.82) is 0 Å². The summed E-state index contributed by atoms with van der Waals surface area (Å²) in [6.45, 7) is 9.66. The number of aromatic nitrogens is 4. The van der Waals surface area contributed by atoms with E-state index in [9.17, 15) is 20.4 Å². The Morgan fingerprint density at radius 2 is 0.386 bits per heavy atom. The first kappa shape index (κ1) is 134. The van der Waals surface area contributed by atoms with Gasteiger partial charge in [0.15, 0.2) is 0 Å². The number of nitrogens with one attached hydrogen (secondary N) is 4. The maximum atomic E-state index is 11.4.